The molecule has 1 aliphatic rings. The first-order valence-corrected chi connectivity index (χ1v) is 10.6. The van der Waals surface area contributed by atoms with Crippen molar-refractivity contribution in [1.82, 2.24) is 0 Å². The van der Waals surface area contributed by atoms with Gasteiger partial charge in [0.25, 0.3) is 11.7 Å². The Bertz CT molecular complexity index is 1250. The van der Waals surface area contributed by atoms with Crippen LogP contribution in [0.25, 0.3) is 5.76 Å². The summed E-state index contributed by atoms with van der Waals surface area (Å²) in [6, 6.07) is 11.2. The topological polar surface area (TPSA) is 76.1 Å². The third-order valence-electron chi connectivity index (χ3n) is 5.34. The number of methoxy groups -OCH3 is 2. The summed E-state index contributed by atoms with van der Waals surface area (Å²) >= 11 is 1.35. The van der Waals surface area contributed by atoms with E-state index in [1.165, 1.54) is 54.7 Å². The number of aryl methyl sites for hydroxylation is 1. The third-order valence-corrected chi connectivity index (χ3v) is 6.41. The molecule has 32 heavy (non-hydrogen) atoms. The standard InChI is InChI=1S/C24H20FNO5S/c1-13-9-10-32-23(13)20-19(21(27)17-12-16(30-2)7-8-18(17)31-3)22(28)24(29)26(20)15-6-4-5-14(25)11-15/h4-12,20,27H,1-3H3/b21-19-. The number of hydrogen-bond acceptors (Lipinski definition) is 6. The van der Waals surface area contributed by atoms with Gasteiger partial charge in [0.1, 0.15) is 29.1 Å². The Labute approximate surface area is 188 Å². The molecule has 1 N–H and O–H groups in total. The molecule has 4 rings (SSSR count). The fourth-order valence-electron chi connectivity index (χ4n) is 3.78. The van der Waals surface area contributed by atoms with Crippen LogP contribution in [0.1, 0.15) is 22.0 Å². The molecule has 1 unspecified atom stereocenters. The molecule has 1 saturated heterocycles. The molecule has 2 aromatic carbocycles. The monoisotopic (exact) mass is 453 g/mol. The molecule has 1 fully saturated rings. The Morgan fingerprint density at radius 2 is 1.88 bits per heavy atom. The minimum atomic E-state index is -0.923. The van der Waals surface area contributed by atoms with Crippen LogP contribution in [0, 0.1) is 12.7 Å². The van der Waals surface area contributed by atoms with Crippen LogP contribution in [0.5, 0.6) is 11.5 Å². The normalized spacial score (nSPS) is 17.6. The summed E-state index contributed by atoms with van der Waals surface area (Å²) in [5.74, 6) is -1.90. The molecule has 0 bridgehead atoms. The largest absolute Gasteiger partial charge is 0.507 e. The molecule has 0 radical (unpaired) electrons. The second-order valence-corrected chi connectivity index (χ2v) is 8.13. The lowest BCUT2D eigenvalue weighted by molar-refractivity contribution is -0.132. The first-order chi connectivity index (χ1) is 15.4. The van der Waals surface area contributed by atoms with Gasteiger partial charge in [0, 0.05) is 10.6 Å². The van der Waals surface area contributed by atoms with E-state index >= 15 is 0 Å². The summed E-state index contributed by atoms with van der Waals surface area (Å²) in [6.07, 6.45) is 0. The number of amides is 1. The summed E-state index contributed by atoms with van der Waals surface area (Å²) in [5, 5.41) is 13.1. The highest BCUT2D eigenvalue weighted by molar-refractivity contribution is 7.10. The van der Waals surface area contributed by atoms with Crippen LogP contribution >= 0.6 is 11.3 Å². The van der Waals surface area contributed by atoms with Gasteiger partial charge in [0.15, 0.2) is 0 Å². The van der Waals surface area contributed by atoms with Gasteiger partial charge in [0.05, 0.1) is 25.4 Å². The van der Waals surface area contributed by atoms with E-state index in [2.05, 4.69) is 0 Å². The minimum absolute atomic E-state index is 0.101. The quantitative estimate of drug-likeness (QED) is 0.340. The van der Waals surface area contributed by atoms with Gasteiger partial charge in [-0.05, 0) is 60.3 Å². The summed E-state index contributed by atoms with van der Waals surface area (Å²) in [7, 11) is 2.91. The second-order valence-electron chi connectivity index (χ2n) is 7.18. The lowest BCUT2D eigenvalue weighted by Gasteiger charge is -2.25. The maximum absolute atomic E-state index is 14.0. The third kappa shape index (κ3) is 3.52. The van der Waals surface area contributed by atoms with E-state index in [0.29, 0.717) is 16.4 Å². The highest BCUT2D eigenvalue weighted by Crippen LogP contribution is 2.46. The number of Topliss-reactive ketones (excluding diaryl/α,β-unsaturated/α-hetero) is 1. The van der Waals surface area contributed by atoms with Crippen molar-refractivity contribution in [3.8, 4) is 11.5 Å². The van der Waals surface area contributed by atoms with E-state index in [1.54, 1.807) is 18.2 Å². The fourth-order valence-corrected chi connectivity index (χ4v) is 4.81. The molecular weight excluding hydrogens is 433 g/mol. The highest BCUT2D eigenvalue weighted by Gasteiger charge is 2.48. The van der Waals surface area contributed by atoms with Gasteiger partial charge in [-0.15, -0.1) is 11.3 Å². The molecule has 0 saturated carbocycles. The predicted octanol–water partition coefficient (Wildman–Crippen LogP) is 4.84. The van der Waals surface area contributed by atoms with Crippen molar-refractivity contribution in [3.63, 3.8) is 0 Å². The van der Waals surface area contributed by atoms with Gasteiger partial charge in [-0.25, -0.2) is 4.39 Å². The number of aliphatic hydroxyl groups is 1. The molecule has 8 heteroatoms. The van der Waals surface area contributed by atoms with Gasteiger partial charge in [-0.3, -0.25) is 14.5 Å². The molecule has 6 nitrogen and oxygen atoms in total. The number of ketones is 1. The Morgan fingerprint density at radius 1 is 1.09 bits per heavy atom. The summed E-state index contributed by atoms with van der Waals surface area (Å²) < 4.78 is 24.6. The number of aliphatic hydroxyl groups excluding tert-OH is 1. The number of rotatable bonds is 5. The van der Waals surface area contributed by atoms with Crippen molar-refractivity contribution in [2.24, 2.45) is 0 Å². The molecule has 0 aliphatic carbocycles. The lowest BCUT2D eigenvalue weighted by atomic mass is 9.97. The fraction of sp³-hybridized carbons (Fsp3) is 0.167. The maximum atomic E-state index is 14.0. The average Bonchev–Trinajstić information content (AvgIpc) is 3.33. The Kier molecular flexibility index (Phi) is 5.71. The number of nitrogens with zero attached hydrogens (tertiary/aromatic N) is 1. The van der Waals surface area contributed by atoms with Gasteiger partial charge in [0.2, 0.25) is 0 Å². The Morgan fingerprint density at radius 3 is 2.50 bits per heavy atom. The van der Waals surface area contributed by atoms with E-state index in [4.69, 9.17) is 9.47 Å². The second kappa shape index (κ2) is 8.47. The zero-order valence-electron chi connectivity index (χ0n) is 17.6. The van der Waals surface area contributed by atoms with E-state index in [1.807, 2.05) is 18.4 Å². The minimum Gasteiger partial charge on any atom is -0.507 e. The zero-order chi connectivity index (χ0) is 23.0. The first kappa shape index (κ1) is 21.6. The zero-order valence-corrected chi connectivity index (χ0v) is 18.4. The van der Waals surface area contributed by atoms with E-state index in [9.17, 15) is 19.1 Å². The van der Waals surface area contributed by atoms with Gasteiger partial charge < -0.3 is 14.6 Å². The van der Waals surface area contributed by atoms with E-state index < -0.39 is 29.3 Å². The van der Waals surface area contributed by atoms with Crippen molar-refractivity contribution >= 4 is 34.5 Å². The van der Waals surface area contributed by atoms with Crippen LogP contribution in [-0.2, 0) is 9.59 Å². The summed E-state index contributed by atoms with van der Waals surface area (Å²) in [5.41, 5.74) is 1.17. The van der Waals surface area contributed by atoms with Crippen molar-refractivity contribution in [3.05, 3.63) is 81.3 Å². The van der Waals surface area contributed by atoms with Crippen molar-refractivity contribution in [2.45, 2.75) is 13.0 Å². The van der Waals surface area contributed by atoms with Crippen LogP contribution in [0.4, 0.5) is 10.1 Å². The van der Waals surface area contributed by atoms with Crippen LogP contribution in [0.2, 0.25) is 0 Å². The predicted molar refractivity (Wildman–Crippen MR) is 120 cm³/mol. The number of anilines is 1. The number of carbonyl (C=O) groups excluding carboxylic acids is 2. The molecule has 1 atom stereocenters. The molecule has 1 aliphatic heterocycles. The Hall–Kier alpha value is -3.65. The molecular formula is C24H20FNO5S. The molecule has 2 heterocycles. The van der Waals surface area contributed by atoms with Crippen molar-refractivity contribution in [2.75, 3.05) is 19.1 Å². The van der Waals surface area contributed by atoms with E-state index in [-0.39, 0.29) is 16.8 Å². The number of carbonyl (C=O) groups is 2. The van der Waals surface area contributed by atoms with Crippen LogP contribution in [0.15, 0.2) is 59.5 Å². The van der Waals surface area contributed by atoms with E-state index in [0.717, 1.165) is 5.56 Å². The smallest absolute Gasteiger partial charge is 0.300 e. The van der Waals surface area contributed by atoms with Crippen LogP contribution in [-0.4, -0.2) is 31.0 Å². The average molecular weight is 453 g/mol. The molecule has 1 amide bonds. The van der Waals surface area contributed by atoms with Gasteiger partial charge in [-0.2, -0.15) is 0 Å². The van der Waals surface area contributed by atoms with Crippen molar-refractivity contribution in [1.29, 1.82) is 0 Å². The maximum Gasteiger partial charge on any atom is 0.300 e. The molecule has 3 aromatic rings. The summed E-state index contributed by atoms with van der Waals surface area (Å²) in [4.78, 5) is 28.2. The number of ether oxygens (including phenoxy) is 2. The number of benzene rings is 2. The number of thiophene rings is 1. The van der Waals surface area contributed by atoms with Crippen LogP contribution in [0.3, 0.4) is 0 Å². The van der Waals surface area contributed by atoms with Crippen LogP contribution < -0.4 is 14.4 Å². The Balaban J connectivity index is 1.99. The number of hydrogen-bond donors (Lipinski definition) is 1. The summed E-state index contributed by atoms with van der Waals surface area (Å²) in [6.45, 7) is 1.85. The highest BCUT2D eigenvalue weighted by atomic mass is 32.1. The van der Waals surface area contributed by atoms with Crippen molar-refractivity contribution < 1.29 is 28.6 Å². The number of halogens is 1. The SMILES string of the molecule is COc1ccc(OC)c(/C(O)=C2/C(=O)C(=O)N(c3cccc(F)c3)C2c2sccc2C)c1. The first-order valence-electron chi connectivity index (χ1n) is 9.70. The molecule has 164 valence electrons. The van der Waals surface area contributed by atoms with Gasteiger partial charge in [-0.1, -0.05) is 6.07 Å². The molecule has 0 spiro atoms. The van der Waals surface area contributed by atoms with Gasteiger partial charge >= 0.3 is 0 Å². The molecule has 1 aromatic heterocycles. The lowest BCUT2D eigenvalue weighted by Crippen LogP contribution is -2.29.